The van der Waals surface area contributed by atoms with E-state index in [-0.39, 0.29) is 0 Å². The maximum atomic E-state index is 6.05. The van der Waals surface area contributed by atoms with Gasteiger partial charge in [-0.15, -0.1) is 11.3 Å². The van der Waals surface area contributed by atoms with Gasteiger partial charge in [0.1, 0.15) is 11.9 Å². The van der Waals surface area contributed by atoms with E-state index in [4.69, 9.17) is 4.74 Å². The topological polar surface area (TPSA) is 34.1 Å². The smallest absolute Gasteiger partial charge is 0.121 e. The van der Waals surface area contributed by atoms with Gasteiger partial charge in [0.15, 0.2) is 0 Å². The maximum Gasteiger partial charge on any atom is 0.121 e. The van der Waals surface area contributed by atoms with Gasteiger partial charge in [-0.05, 0) is 50.6 Å². The standard InChI is InChI=1S/C14H18N2OS/c1-2-14-16-12-4-3-11(9-13(12)18-14)17-10-5-7-15-8-6-10/h3-4,9-10,15H,2,5-8H2,1H3. The Kier molecular flexibility index (Phi) is 3.48. The molecule has 0 saturated carbocycles. The third kappa shape index (κ3) is 2.49. The molecule has 0 spiro atoms. The van der Waals surface area contributed by atoms with Crippen LogP contribution in [0.4, 0.5) is 0 Å². The molecule has 1 aromatic carbocycles. The van der Waals surface area contributed by atoms with Crippen LogP contribution in [0.25, 0.3) is 10.2 Å². The summed E-state index contributed by atoms with van der Waals surface area (Å²) < 4.78 is 7.28. The number of ether oxygens (including phenoxy) is 1. The number of aromatic nitrogens is 1. The molecule has 0 bridgehead atoms. The van der Waals surface area contributed by atoms with E-state index >= 15 is 0 Å². The third-order valence-corrected chi connectivity index (χ3v) is 4.46. The summed E-state index contributed by atoms with van der Waals surface area (Å²) in [5.74, 6) is 0.987. The Labute approximate surface area is 111 Å². The largest absolute Gasteiger partial charge is 0.490 e. The normalized spacial score (nSPS) is 17.2. The Hall–Kier alpha value is -1.13. The number of thiazole rings is 1. The average Bonchev–Trinajstić information content (AvgIpc) is 2.82. The molecule has 1 aliphatic rings. The van der Waals surface area contributed by atoms with Gasteiger partial charge < -0.3 is 10.1 Å². The van der Waals surface area contributed by atoms with E-state index in [2.05, 4.69) is 29.4 Å². The maximum absolute atomic E-state index is 6.05. The van der Waals surface area contributed by atoms with E-state index in [0.717, 1.165) is 43.6 Å². The predicted molar refractivity (Wildman–Crippen MR) is 75.5 cm³/mol. The first kappa shape index (κ1) is 11.9. The highest BCUT2D eigenvalue weighted by molar-refractivity contribution is 7.18. The first-order valence-corrected chi connectivity index (χ1v) is 7.43. The van der Waals surface area contributed by atoms with Crippen LogP contribution in [-0.2, 0) is 6.42 Å². The summed E-state index contributed by atoms with van der Waals surface area (Å²) in [7, 11) is 0. The minimum atomic E-state index is 0.363. The molecule has 3 nitrogen and oxygen atoms in total. The van der Waals surface area contributed by atoms with Crippen molar-refractivity contribution in [1.82, 2.24) is 10.3 Å². The second-order valence-corrected chi connectivity index (χ2v) is 5.77. The molecule has 0 amide bonds. The molecule has 2 aromatic rings. The summed E-state index contributed by atoms with van der Waals surface area (Å²) in [6.45, 7) is 4.27. The van der Waals surface area contributed by atoms with Crippen LogP contribution >= 0.6 is 11.3 Å². The SMILES string of the molecule is CCc1nc2ccc(OC3CCNCC3)cc2s1. The van der Waals surface area contributed by atoms with Gasteiger partial charge in [0.2, 0.25) is 0 Å². The van der Waals surface area contributed by atoms with Crippen LogP contribution in [-0.4, -0.2) is 24.2 Å². The number of nitrogens with one attached hydrogen (secondary N) is 1. The van der Waals surface area contributed by atoms with Crippen molar-refractivity contribution in [3.63, 3.8) is 0 Å². The van der Waals surface area contributed by atoms with Gasteiger partial charge in [-0.3, -0.25) is 0 Å². The Balaban J connectivity index is 1.79. The van der Waals surface area contributed by atoms with Crippen LogP contribution in [0.2, 0.25) is 0 Å². The van der Waals surface area contributed by atoms with E-state index in [1.165, 1.54) is 9.71 Å². The molecule has 1 aliphatic heterocycles. The molecule has 18 heavy (non-hydrogen) atoms. The Morgan fingerprint density at radius 2 is 2.22 bits per heavy atom. The van der Waals surface area contributed by atoms with Crippen molar-refractivity contribution in [2.75, 3.05) is 13.1 Å². The number of nitrogens with zero attached hydrogens (tertiary/aromatic N) is 1. The molecule has 0 radical (unpaired) electrons. The molecule has 0 aliphatic carbocycles. The number of hydrogen-bond acceptors (Lipinski definition) is 4. The van der Waals surface area contributed by atoms with Gasteiger partial charge in [-0.1, -0.05) is 6.92 Å². The number of fused-ring (bicyclic) bond motifs is 1. The Morgan fingerprint density at radius 3 is 3.00 bits per heavy atom. The summed E-state index contributed by atoms with van der Waals surface area (Å²) >= 11 is 1.77. The van der Waals surface area contributed by atoms with Gasteiger partial charge in [0, 0.05) is 0 Å². The second kappa shape index (κ2) is 5.24. The summed E-state index contributed by atoms with van der Waals surface area (Å²) in [5.41, 5.74) is 1.09. The number of piperidine rings is 1. The highest BCUT2D eigenvalue weighted by Gasteiger charge is 2.14. The molecule has 1 aromatic heterocycles. The van der Waals surface area contributed by atoms with E-state index in [9.17, 15) is 0 Å². The Morgan fingerprint density at radius 1 is 1.39 bits per heavy atom. The summed E-state index contributed by atoms with van der Waals surface area (Å²) in [6, 6.07) is 6.25. The number of rotatable bonds is 3. The van der Waals surface area contributed by atoms with E-state index < -0.39 is 0 Å². The van der Waals surface area contributed by atoms with Gasteiger partial charge in [-0.25, -0.2) is 4.98 Å². The molecule has 1 N–H and O–H groups in total. The van der Waals surface area contributed by atoms with Gasteiger partial charge in [-0.2, -0.15) is 0 Å². The molecular formula is C14H18N2OS. The lowest BCUT2D eigenvalue weighted by atomic mass is 10.1. The number of aryl methyl sites for hydroxylation is 1. The second-order valence-electron chi connectivity index (χ2n) is 4.66. The minimum absolute atomic E-state index is 0.363. The highest BCUT2D eigenvalue weighted by Crippen LogP contribution is 2.27. The Bertz CT molecular complexity index is 532. The lowest BCUT2D eigenvalue weighted by molar-refractivity contribution is 0.162. The molecule has 1 saturated heterocycles. The van der Waals surface area contributed by atoms with Gasteiger partial charge in [0.25, 0.3) is 0 Å². The van der Waals surface area contributed by atoms with Crippen LogP contribution in [0.5, 0.6) is 5.75 Å². The van der Waals surface area contributed by atoms with Crippen molar-refractivity contribution < 1.29 is 4.74 Å². The van der Waals surface area contributed by atoms with Crippen molar-refractivity contribution in [1.29, 1.82) is 0 Å². The first-order chi connectivity index (χ1) is 8.85. The zero-order chi connectivity index (χ0) is 12.4. The van der Waals surface area contributed by atoms with Crippen molar-refractivity contribution >= 4 is 21.6 Å². The summed E-state index contributed by atoms with van der Waals surface area (Å²) in [6.07, 6.45) is 3.56. The zero-order valence-electron chi connectivity index (χ0n) is 10.6. The third-order valence-electron chi connectivity index (χ3n) is 3.30. The first-order valence-electron chi connectivity index (χ1n) is 6.62. The molecule has 3 rings (SSSR count). The van der Waals surface area contributed by atoms with Crippen LogP contribution in [0.1, 0.15) is 24.8 Å². The number of benzene rings is 1. The van der Waals surface area contributed by atoms with Crippen molar-refractivity contribution in [3.05, 3.63) is 23.2 Å². The number of hydrogen-bond donors (Lipinski definition) is 1. The lowest BCUT2D eigenvalue weighted by Crippen LogP contribution is -2.34. The molecular weight excluding hydrogens is 244 g/mol. The van der Waals surface area contributed by atoms with Crippen molar-refractivity contribution in [2.45, 2.75) is 32.3 Å². The van der Waals surface area contributed by atoms with Crippen molar-refractivity contribution in [3.8, 4) is 5.75 Å². The van der Waals surface area contributed by atoms with E-state index in [1.54, 1.807) is 11.3 Å². The zero-order valence-corrected chi connectivity index (χ0v) is 11.4. The van der Waals surface area contributed by atoms with Crippen molar-refractivity contribution in [2.24, 2.45) is 0 Å². The van der Waals surface area contributed by atoms with E-state index in [1.807, 2.05) is 6.07 Å². The summed E-state index contributed by atoms with van der Waals surface area (Å²) in [4.78, 5) is 4.57. The molecule has 2 heterocycles. The molecule has 1 fully saturated rings. The molecule has 0 atom stereocenters. The highest BCUT2D eigenvalue weighted by atomic mass is 32.1. The quantitative estimate of drug-likeness (QED) is 0.923. The fourth-order valence-electron chi connectivity index (χ4n) is 2.28. The molecule has 0 unspecified atom stereocenters. The fourth-order valence-corrected chi connectivity index (χ4v) is 3.22. The van der Waals surface area contributed by atoms with Crippen LogP contribution < -0.4 is 10.1 Å². The molecule has 96 valence electrons. The fraction of sp³-hybridized carbons (Fsp3) is 0.500. The van der Waals surface area contributed by atoms with Gasteiger partial charge >= 0.3 is 0 Å². The average molecular weight is 262 g/mol. The summed E-state index contributed by atoms with van der Waals surface area (Å²) in [5, 5.41) is 4.55. The predicted octanol–water partition coefficient (Wildman–Crippen LogP) is 2.99. The van der Waals surface area contributed by atoms with Crippen LogP contribution in [0.15, 0.2) is 18.2 Å². The van der Waals surface area contributed by atoms with Gasteiger partial charge in [0.05, 0.1) is 15.2 Å². The lowest BCUT2D eigenvalue weighted by Gasteiger charge is -2.23. The minimum Gasteiger partial charge on any atom is -0.490 e. The molecule has 4 heteroatoms. The van der Waals surface area contributed by atoms with Crippen LogP contribution in [0.3, 0.4) is 0 Å². The van der Waals surface area contributed by atoms with E-state index in [0.29, 0.717) is 6.10 Å². The van der Waals surface area contributed by atoms with Crippen LogP contribution in [0, 0.1) is 0 Å². The monoisotopic (exact) mass is 262 g/mol.